The number of amides is 1. The molecule has 8 heteroatoms. The van der Waals surface area contributed by atoms with Gasteiger partial charge in [-0.2, -0.15) is 0 Å². The largest absolute Gasteiger partial charge is 0.301 e. The van der Waals surface area contributed by atoms with E-state index in [-0.39, 0.29) is 10.2 Å². The van der Waals surface area contributed by atoms with Gasteiger partial charge < -0.3 is 5.32 Å². The molecule has 0 aromatic carbocycles. The van der Waals surface area contributed by atoms with Crippen molar-refractivity contribution in [3.8, 4) is 0 Å². The molecule has 0 saturated heterocycles. The van der Waals surface area contributed by atoms with Gasteiger partial charge in [0, 0.05) is 6.92 Å². The van der Waals surface area contributed by atoms with Crippen LogP contribution in [0.4, 0.5) is 5.13 Å². The smallest absolute Gasteiger partial charge is 0.223 e. The molecule has 0 fully saturated rings. The van der Waals surface area contributed by atoms with Crippen molar-refractivity contribution in [1.82, 2.24) is 10.2 Å². The fourth-order valence-electron chi connectivity index (χ4n) is 0.492. The summed E-state index contributed by atoms with van der Waals surface area (Å²) in [5, 5.41) is 14.8. The molecule has 1 rings (SSSR count). The Bertz CT molecular complexity index is 323. The summed E-state index contributed by atoms with van der Waals surface area (Å²) in [6.45, 7) is 1.35. The Balaban J connectivity index is 2.77. The van der Waals surface area contributed by atoms with Gasteiger partial charge in [-0.1, -0.05) is 11.3 Å². The fourth-order valence-corrected chi connectivity index (χ4v) is 1.70. The average Bonchev–Trinajstić information content (AvgIpc) is 2.34. The summed E-state index contributed by atoms with van der Waals surface area (Å²) in [7, 11) is -1.63. The third-order valence-corrected chi connectivity index (χ3v) is 2.66. The molecule has 1 amide bonds. The molecule has 0 saturated carbocycles. The Morgan fingerprint density at radius 1 is 1.67 bits per heavy atom. The summed E-state index contributed by atoms with van der Waals surface area (Å²) in [6, 6.07) is 0. The van der Waals surface area contributed by atoms with Crippen molar-refractivity contribution < 1.29 is 9.00 Å². The number of aromatic nitrogens is 2. The number of nitrogens with zero attached hydrogens (tertiary/aromatic N) is 2. The lowest BCUT2D eigenvalue weighted by Gasteiger charge is -1.90. The second kappa shape index (κ2) is 3.70. The SMILES string of the molecule is CC(=O)Nc1nnc(S(N)=O)s1. The summed E-state index contributed by atoms with van der Waals surface area (Å²) in [5.74, 6) is -0.250. The Morgan fingerprint density at radius 3 is 2.75 bits per heavy atom. The van der Waals surface area contributed by atoms with Gasteiger partial charge in [-0.15, -0.1) is 10.2 Å². The second-order valence-electron chi connectivity index (χ2n) is 1.85. The van der Waals surface area contributed by atoms with E-state index in [0.29, 0.717) is 5.13 Å². The van der Waals surface area contributed by atoms with Gasteiger partial charge in [0.2, 0.25) is 15.4 Å². The first kappa shape index (κ1) is 9.23. The lowest BCUT2D eigenvalue weighted by Crippen LogP contribution is -2.04. The van der Waals surface area contributed by atoms with Crippen molar-refractivity contribution in [3.63, 3.8) is 0 Å². The van der Waals surface area contributed by atoms with Crippen LogP contribution in [-0.2, 0) is 15.8 Å². The molecular weight excluding hydrogens is 200 g/mol. The van der Waals surface area contributed by atoms with Crippen molar-refractivity contribution in [2.24, 2.45) is 5.14 Å². The van der Waals surface area contributed by atoms with Crippen LogP contribution in [0.15, 0.2) is 4.34 Å². The van der Waals surface area contributed by atoms with Gasteiger partial charge in [-0.05, 0) is 0 Å². The summed E-state index contributed by atoms with van der Waals surface area (Å²) in [6.07, 6.45) is 0. The van der Waals surface area contributed by atoms with Gasteiger partial charge in [0.15, 0.2) is 11.0 Å². The van der Waals surface area contributed by atoms with Crippen molar-refractivity contribution >= 4 is 33.4 Å². The van der Waals surface area contributed by atoms with E-state index in [1.54, 1.807) is 0 Å². The van der Waals surface area contributed by atoms with Crippen molar-refractivity contribution in [3.05, 3.63) is 0 Å². The summed E-state index contributed by atoms with van der Waals surface area (Å²) >= 11 is 0.990. The number of hydrogen-bond acceptors (Lipinski definition) is 5. The minimum absolute atomic E-state index is 0.193. The first-order valence-corrected chi connectivity index (χ1v) is 4.90. The monoisotopic (exact) mass is 206 g/mol. The standard InChI is InChI=1S/C4H6N4O2S2/c1-2(9)6-3-7-8-4(11-3)12(5)10/h5H2,1H3,(H,6,7,9). The minimum Gasteiger partial charge on any atom is -0.301 e. The van der Waals surface area contributed by atoms with Crippen LogP contribution in [0.2, 0.25) is 0 Å². The van der Waals surface area contributed by atoms with Crippen LogP contribution in [0.1, 0.15) is 6.92 Å². The van der Waals surface area contributed by atoms with Gasteiger partial charge in [-0.3, -0.25) is 4.79 Å². The van der Waals surface area contributed by atoms with E-state index < -0.39 is 11.0 Å². The molecular formula is C4H6N4O2S2. The molecule has 0 bridgehead atoms. The molecule has 6 nitrogen and oxygen atoms in total. The molecule has 0 spiro atoms. The molecule has 1 heterocycles. The highest BCUT2D eigenvalue weighted by Crippen LogP contribution is 2.16. The van der Waals surface area contributed by atoms with Gasteiger partial charge in [0.1, 0.15) is 0 Å². The summed E-state index contributed by atoms with van der Waals surface area (Å²) in [5.41, 5.74) is 0. The van der Waals surface area contributed by atoms with Crippen LogP contribution in [0, 0.1) is 0 Å². The highest BCUT2D eigenvalue weighted by atomic mass is 32.2. The molecule has 0 aliphatic heterocycles. The number of nitrogens with one attached hydrogen (secondary N) is 1. The first-order chi connectivity index (χ1) is 5.59. The van der Waals surface area contributed by atoms with Gasteiger partial charge >= 0.3 is 0 Å². The number of anilines is 1. The molecule has 0 aliphatic rings. The Hall–Kier alpha value is -0.860. The van der Waals surface area contributed by atoms with E-state index in [1.165, 1.54) is 6.92 Å². The molecule has 1 atom stereocenters. The summed E-state index contributed by atoms with van der Waals surface area (Å²) < 4.78 is 10.8. The highest BCUT2D eigenvalue weighted by Gasteiger charge is 2.07. The maximum Gasteiger partial charge on any atom is 0.223 e. The van der Waals surface area contributed by atoms with Crippen molar-refractivity contribution in [2.75, 3.05) is 5.32 Å². The Morgan fingerprint density at radius 2 is 2.33 bits per heavy atom. The predicted octanol–water partition coefficient (Wildman–Crippen LogP) is -0.522. The number of nitrogens with two attached hydrogens (primary N) is 1. The van der Waals surface area contributed by atoms with Crippen LogP contribution in [0.25, 0.3) is 0 Å². The van der Waals surface area contributed by atoms with Gasteiger partial charge in [0.25, 0.3) is 0 Å². The van der Waals surface area contributed by atoms with Crippen LogP contribution in [0.5, 0.6) is 0 Å². The normalized spacial score (nSPS) is 12.5. The molecule has 1 aromatic heterocycles. The van der Waals surface area contributed by atoms with E-state index in [9.17, 15) is 9.00 Å². The quantitative estimate of drug-likeness (QED) is 0.636. The first-order valence-electron chi connectivity index (χ1n) is 2.87. The Kier molecular flexibility index (Phi) is 2.84. The van der Waals surface area contributed by atoms with E-state index in [2.05, 4.69) is 15.5 Å². The molecule has 1 unspecified atom stereocenters. The topological polar surface area (TPSA) is 98.0 Å². The highest BCUT2D eigenvalue weighted by molar-refractivity contribution is 7.85. The van der Waals surface area contributed by atoms with Crippen molar-refractivity contribution in [2.45, 2.75) is 11.3 Å². The van der Waals surface area contributed by atoms with Crippen LogP contribution in [-0.4, -0.2) is 20.3 Å². The van der Waals surface area contributed by atoms with E-state index >= 15 is 0 Å². The minimum atomic E-state index is -1.63. The summed E-state index contributed by atoms with van der Waals surface area (Å²) in [4.78, 5) is 10.5. The zero-order chi connectivity index (χ0) is 9.14. The lowest BCUT2D eigenvalue weighted by molar-refractivity contribution is -0.114. The maximum atomic E-state index is 10.6. The zero-order valence-corrected chi connectivity index (χ0v) is 7.74. The maximum absolute atomic E-state index is 10.6. The Labute approximate surface area is 74.8 Å². The van der Waals surface area contributed by atoms with Crippen molar-refractivity contribution in [1.29, 1.82) is 0 Å². The van der Waals surface area contributed by atoms with Crippen LogP contribution < -0.4 is 10.5 Å². The molecule has 0 radical (unpaired) electrons. The van der Waals surface area contributed by atoms with Crippen LogP contribution >= 0.6 is 11.3 Å². The molecule has 3 N–H and O–H groups in total. The molecule has 66 valence electrons. The average molecular weight is 206 g/mol. The van der Waals surface area contributed by atoms with Crippen LogP contribution in [0.3, 0.4) is 0 Å². The zero-order valence-electron chi connectivity index (χ0n) is 6.10. The van der Waals surface area contributed by atoms with Gasteiger partial charge in [0.05, 0.1) is 0 Å². The second-order valence-corrected chi connectivity index (χ2v) is 4.07. The number of rotatable bonds is 2. The number of hydrogen-bond donors (Lipinski definition) is 2. The molecule has 0 aliphatic carbocycles. The third-order valence-electron chi connectivity index (χ3n) is 0.862. The third kappa shape index (κ3) is 2.32. The lowest BCUT2D eigenvalue weighted by atomic mass is 10.7. The van der Waals surface area contributed by atoms with Gasteiger partial charge in [-0.25, -0.2) is 9.35 Å². The molecule has 1 aromatic rings. The molecule has 12 heavy (non-hydrogen) atoms. The predicted molar refractivity (Wildman–Crippen MR) is 44.8 cm³/mol. The van der Waals surface area contributed by atoms with E-state index in [0.717, 1.165) is 11.3 Å². The number of carbonyl (C=O) groups excluding carboxylic acids is 1. The van der Waals surface area contributed by atoms with E-state index in [1.807, 2.05) is 0 Å². The fraction of sp³-hybridized carbons (Fsp3) is 0.250. The van der Waals surface area contributed by atoms with E-state index in [4.69, 9.17) is 5.14 Å². The number of carbonyl (C=O) groups is 1.